The summed E-state index contributed by atoms with van der Waals surface area (Å²) < 4.78 is 0. The molecule has 7 heteroatoms. The minimum absolute atomic E-state index is 0. The van der Waals surface area contributed by atoms with Gasteiger partial charge in [0.1, 0.15) is 0 Å². The number of likely N-dealkylation sites (tertiary alicyclic amines) is 1. The lowest BCUT2D eigenvalue weighted by molar-refractivity contribution is -0.137. The number of amides is 2. The van der Waals surface area contributed by atoms with Gasteiger partial charge in [0.15, 0.2) is 0 Å². The van der Waals surface area contributed by atoms with Gasteiger partial charge >= 0.3 is 0 Å². The maximum atomic E-state index is 12.4. The van der Waals surface area contributed by atoms with E-state index < -0.39 is 6.04 Å². The predicted octanol–water partition coefficient (Wildman–Crippen LogP) is 0.301. The first kappa shape index (κ1) is 19.2. The number of hydrogen-bond donors (Lipinski definition) is 1. The minimum Gasteiger partial charge on any atom is -0.339 e. The standard InChI is InChI=1S/C15H28N4O2.ClH/c1-12-5-3-4-6-19(12)14(20)11-17-7-9-18(10-8-17)15(21)13(2)16;/h12-13H,3-11,16H2,1-2H3;1H. The molecule has 2 fully saturated rings. The third kappa shape index (κ3) is 4.83. The summed E-state index contributed by atoms with van der Waals surface area (Å²) in [6.07, 6.45) is 3.46. The third-order valence-electron chi connectivity index (χ3n) is 4.56. The number of piperidine rings is 1. The van der Waals surface area contributed by atoms with Gasteiger partial charge in [0.2, 0.25) is 11.8 Å². The number of rotatable bonds is 3. The molecule has 2 rings (SSSR count). The van der Waals surface area contributed by atoms with Crippen LogP contribution in [0.4, 0.5) is 0 Å². The lowest BCUT2D eigenvalue weighted by Crippen LogP contribution is -2.55. The van der Waals surface area contributed by atoms with Crippen LogP contribution in [0.2, 0.25) is 0 Å². The predicted molar refractivity (Wildman–Crippen MR) is 88.9 cm³/mol. The maximum Gasteiger partial charge on any atom is 0.239 e. The van der Waals surface area contributed by atoms with E-state index in [4.69, 9.17) is 5.73 Å². The van der Waals surface area contributed by atoms with Crippen LogP contribution in [0.1, 0.15) is 33.1 Å². The van der Waals surface area contributed by atoms with Gasteiger partial charge in [0.05, 0.1) is 12.6 Å². The van der Waals surface area contributed by atoms with Gasteiger partial charge in [-0.05, 0) is 33.1 Å². The molecule has 6 nitrogen and oxygen atoms in total. The van der Waals surface area contributed by atoms with Crippen molar-refractivity contribution in [1.82, 2.24) is 14.7 Å². The topological polar surface area (TPSA) is 69.9 Å². The van der Waals surface area contributed by atoms with Crippen LogP contribution in [0.5, 0.6) is 0 Å². The Morgan fingerprint density at radius 3 is 2.32 bits per heavy atom. The zero-order chi connectivity index (χ0) is 15.4. The second-order valence-corrected chi connectivity index (χ2v) is 6.32. The van der Waals surface area contributed by atoms with E-state index >= 15 is 0 Å². The summed E-state index contributed by atoms with van der Waals surface area (Å²) in [7, 11) is 0. The number of carbonyl (C=O) groups excluding carboxylic acids is 2. The maximum absolute atomic E-state index is 12.4. The van der Waals surface area contributed by atoms with Crippen molar-refractivity contribution in [3.63, 3.8) is 0 Å². The van der Waals surface area contributed by atoms with Gasteiger partial charge in [0, 0.05) is 38.8 Å². The van der Waals surface area contributed by atoms with E-state index in [1.165, 1.54) is 6.42 Å². The molecule has 0 saturated carbocycles. The van der Waals surface area contributed by atoms with Crippen LogP contribution in [0.25, 0.3) is 0 Å². The highest BCUT2D eigenvalue weighted by atomic mass is 35.5. The zero-order valence-electron chi connectivity index (χ0n) is 13.7. The van der Waals surface area contributed by atoms with Gasteiger partial charge in [-0.1, -0.05) is 0 Å². The van der Waals surface area contributed by atoms with Gasteiger partial charge in [-0.2, -0.15) is 0 Å². The Bertz CT molecular complexity index is 384. The molecule has 0 aliphatic carbocycles. The molecule has 0 bridgehead atoms. The number of hydrogen-bond acceptors (Lipinski definition) is 4. The van der Waals surface area contributed by atoms with Crippen LogP contribution in [0.3, 0.4) is 0 Å². The van der Waals surface area contributed by atoms with Crippen LogP contribution in [0.15, 0.2) is 0 Å². The molecule has 2 unspecified atom stereocenters. The van der Waals surface area contributed by atoms with E-state index in [2.05, 4.69) is 11.8 Å². The van der Waals surface area contributed by atoms with Gasteiger partial charge in [-0.25, -0.2) is 0 Å². The molecule has 0 spiro atoms. The molecule has 0 radical (unpaired) electrons. The molecule has 0 aromatic carbocycles. The van der Waals surface area contributed by atoms with Crippen LogP contribution in [0, 0.1) is 0 Å². The first-order valence-electron chi connectivity index (χ1n) is 8.05. The van der Waals surface area contributed by atoms with E-state index in [-0.39, 0.29) is 24.2 Å². The average Bonchev–Trinajstić information content (AvgIpc) is 2.47. The largest absolute Gasteiger partial charge is 0.339 e. The van der Waals surface area contributed by atoms with E-state index in [1.54, 1.807) is 11.8 Å². The summed E-state index contributed by atoms with van der Waals surface area (Å²) >= 11 is 0. The molecule has 0 aromatic heterocycles. The molecule has 2 aliphatic heterocycles. The Balaban J connectivity index is 0.00000242. The fourth-order valence-electron chi connectivity index (χ4n) is 3.17. The van der Waals surface area contributed by atoms with E-state index in [9.17, 15) is 9.59 Å². The highest BCUT2D eigenvalue weighted by molar-refractivity contribution is 5.85. The summed E-state index contributed by atoms with van der Waals surface area (Å²) in [6.45, 7) is 8.07. The number of piperazine rings is 1. The normalized spacial score (nSPS) is 24.6. The Labute approximate surface area is 139 Å². The Kier molecular flexibility index (Phi) is 7.59. The molecule has 2 atom stereocenters. The SMILES string of the molecule is CC(N)C(=O)N1CCN(CC(=O)N2CCCCC2C)CC1.Cl. The molecule has 2 N–H and O–H groups in total. The van der Waals surface area contributed by atoms with Crippen molar-refractivity contribution in [1.29, 1.82) is 0 Å². The molecule has 128 valence electrons. The second-order valence-electron chi connectivity index (χ2n) is 6.32. The summed E-state index contributed by atoms with van der Waals surface area (Å²) in [5.74, 6) is 0.236. The summed E-state index contributed by atoms with van der Waals surface area (Å²) in [5, 5.41) is 0. The monoisotopic (exact) mass is 332 g/mol. The second kappa shape index (κ2) is 8.70. The first-order valence-corrected chi connectivity index (χ1v) is 8.05. The number of halogens is 1. The molecule has 2 aliphatic rings. The zero-order valence-corrected chi connectivity index (χ0v) is 14.5. The number of carbonyl (C=O) groups is 2. The van der Waals surface area contributed by atoms with Crippen molar-refractivity contribution < 1.29 is 9.59 Å². The molecule has 22 heavy (non-hydrogen) atoms. The smallest absolute Gasteiger partial charge is 0.239 e. The lowest BCUT2D eigenvalue weighted by Gasteiger charge is -2.38. The van der Waals surface area contributed by atoms with Crippen LogP contribution in [-0.2, 0) is 9.59 Å². The molecule has 2 heterocycles. The summed E-state index contributed by atoms with van der Waals surface area (Å²) in [6, 6.07) is -0.0698. The van der Waals surface area contributed by atoms with Crippen molar-refractivity contribution in [2.24, 2.45) is 5.73 Å². The van der Waals surface area contributed by atoms with E-state index in [0.717, 1.165) is 32.5 Å². The Morgan fingerprint density at radius 2 is 1.77 bits per heavy atom. The Hall–Kier alpha value is -0.850. The van der Waals surface area contributed by atoms with Gasteiger partial charge in [0.25, 0.3) is 0 Å². The van der Waals surface area contributed by atoms with Crippen molar-refractivity contribution >= 4 is 24.2 Å². The molecular weight excluding hydrogens is 304 g/mol. The van der Waals surface area contributed by atoms with Gasteiger partial charge in [-0.3, -0.25) is 14.5 Å². The number of nitrogens with two attached hydrogens (primary N) is 1. The van der Waals surface area contributed by atoms with Gasteiger partial charge in [-0.15, -0.1) is 12.4 Å². The van der Waals surface area contributed by atoms with Crippen LogP contribution >= 0.6 is 12.4 Å². The quantitative estimate of drug-likeness (QED) is 0.807. The molecule has 0 aromatic rings. The van der Waals surface area contributed by atoms with Gasteiger partial charge < -0.3 is 15.5 Å². The highest BCUT2D eigenvalue weighted by Crippen LogP contribution is 2.17. The minimum atomic E-state index is -0.438. The third-order valence-corrected chi connectivity index (χ3v) is 4.56. The van der Waals surface area contributed by atoms with E-state index in [1.807, 2.05) is 4.90 Å². The summed E-state index contributed by atoms with van der Waals surface area (Å²) in [5.41, 5.74) is 5.63. The van der Waals surface area contributed by atoms with Crippen LogP contribution < -0.4 is 5.73 Å². The van der Waals surface area contributed by atoms with Crippen molar-refractivity contribution in [3.8, 4) is 0 Å². The Morgan fingerprint density at radius 1 is 1.14 bits per heavy atom. The van der Waals surface area contributed by atoms with Crippen molar-refractivity contribution in [2.45, 2.75) is 45.2 Å². The van der Waals surface area contributed by atoms with Crippen LogP contribution in [-0.4, -0.2) is 77.9 Å². The van der Waals surface area contributed by atoms with Crippen molar-refractivity contribution in [2.75, 3.05) is 39.3 Å². The van der Waals surface area contributed by atoms with E-state index in [0.29, 0.717) is 25.7 Å². The molecule has 2 saturated heterocycles. The fraction of sp³-hybridized carbons (Fsp3) is 0.867. The molecular formula is C15H29ClN4O2. The molecule has 2 amide bonds. The lowest BCUT2D eigenvalue weighted by atomic mass is 10.0. The first-order chi connectivity index (χ1) is 9.99. The summed E-state index contributed by atoms with van der Waals surface area (Å²) in [4.78, 5) is 30.2. The highest BCUT2D eigenvalue weighted by Gasteiger charge is 2.27. The fourth-order valence-corrected chi connectivity index (χ4v) is 3.17. The van der Waals surface area contributed by atoms with Crippen molar-refractivity contribution in [3.05, 3.63) is 0 Å². The number of nitrogens with zero attached hydrogens (tertiary/aromatic N) is 3. The average molecular weight is 333 g/mol.